The van der Waals surface area contributed by atoms with Crippen LogP contribution in [0.2, 0.25) is 0 Å². The molecule has 0 unspecified atom stereocenters. The monoisotopic (exact) mass is 398 g/mol. The Kier molecular flexibility index (Phi) is 4.44. The number of fused-ring (bicyclic) bond motifs is 2. The molecule has 30 heavy (non-hydrogen) atoms. The van der Waals surface area contributed by atoms with E-state index in [4.69, 9.17) is 13.6 Å². The number of amides is 1. The van der Waals surface area contributed by atoms with Crippen LogP contribution in [0.3, 0.4) is 0 Å². The van der Waals surface area contributed by atoms with Crippen LogP contribution in [0.5, 0.6) is 5.75 Å². The van der Waals surface area contributed by atoms with E-state index in [1.54, 1.807) is 12.1 Å². The van der Waals surface area contributed by atoms with Gasteiger partial charge in [0.2, 0.25) is 5.89 Å². The molecule has 5 rings (SSSR count). The van der Waals surface area contributed by atoms with Crippen molar-refractivity contribution in [3.8, 4) is 17.2 Å². The average Bonchev–Trinajstić information content (AvgIpc) is 3.39. The highest BCUT2D eigenvalue weighted by Crippen LogP contribution is 2.30. The summed E-state index contributed by atoms with van der Waals surface area (Å²) in [5, 5.41) is 3.68. The first kappa shape index (κ1) is 18.0. The van der Waals surface area contributed by atoms with Crippen LogP contribution in [0, 0.1) is 0 Å². The molecule has 3 aromatic carbocycles. The number of ether oxygens (including phenoxy) is 1. The Balaban J connectivity index is 1.42. The van der Waals surface area contributed by atoms with E-state index in [1.165, 1.54) is 0 Å². The van der Waals surface area contributed by atoms with Gasteiger partial charge in [0, 0.05) is 16.6 Å². The number of rotatable bonds is 5. The van der Waals surface area contributed by atoms with Gasteiger partial charge in [-0.1, -0.05) is 30.3 Å². The molecule has 5 aromatic rings. The number of para-hydroxylation sites is 3. The fraction of sp³-hybridized carbons (Fsp3) is 0.0833. The third-order valence-electron chi connectivity index (χ3n) is 4.69. The molecule has 0 radical (unpaired) electrons. The Morgan fingerprint density at radius 1 is 1.00 bits per heavy atom. The van der Waals surface area contributed by atoms with Gasteiger partial charge in [0.05, 0.1) is 6.61 Å². The molecule has 0 aliphatic carbocycles. The van der Waals surface area contributed by atoms with E-state index in [1.807, 2.05) is 67.6 Å². The summed E-state index contributed by atoms with van der Waals surface area (Å²) in [6, 6.07) is 22.2. The summed E-state index contributed by atoms with van der Waals surface area (Å²) in [6.07, 6.45) is 0. The molecule has 0 bridgehead atoms. The lowest BCUT2D eigenvalue weighted by molar-refractivity contribution is 0.0998. The zero-order valence-corrected chi connectivity index (χ0v) is 16.2. The number of oxazole rings is 1. The number of nitrogens with zero attached hydrogens (tertiary/aromatic N) is 1. The number of aromatic nitrogens is 1. The van der Waals surface area contributed by atoms with Crippen LogP contribution in [0.1, 0.15) is 17.5 Å². The maximum absolute atomic E-state index is 12.8. The second-order valence-corrected chi connectivity index (χ2v) is 6.74. The molecule has 2 aromatic heterocycles. The van der Waals surface area contributed by atoms with Crippen molar-refractivity contribution in [3.63, 3.8) is 0 Å². The number of furan rings is 1. The van der Waals surface area contributed by atoms with E-state index < -0.39 is 0 Å². The average molecular weight is 398 g/mol. The number of hydrogen-bond donors (Lipinski definition) is 1. The SMILES string of the molecule is CCOc1cccc2cc(C(=O)Nc3cccc(-c4nc5ccccc5o4)c3)oc12. The third-order valence-corrected chi connectivity index (χ3v) is 4.69. The van der Waals surface area contributed by atoms with Gasteiger partial charge in [0.15, 0.2) is 22.7 Å². The second-order valence-electron chi connectivity index (χ2n) is 6.74. The van der Waals surface area contributed by atoms with Crippen molar-refractivity contribution in [2.75, 3.05) is 11.9 Å². The molecule has 0 atom stereocenters. The maximum Gasteiger partial charge on any atom is 0.291 e. The molecule has 0 aliphatic rings. The summed E-state index contributed by atoms with van der Waals surface area (Å²) in [7, 11) is 0. The van der Waals surface area contributed by atoms with Gasteiger partial charge in [-0.05, 0) is 49.4 Å². The lowest BCUT2D eigenvalue weighted by Crippen LogP contribution is -2.10. The van der Waals surface area contributed by atoms with Crippen molar-refractivity contribution in [2.45, 2.75) is 6.92 Å². The Bertz CT molecular complexity index is 1330. The minimum atomic E-state index is -0.344. The molecule has 0 saturated carbocycles. The van der Waals surface area contributed by atoms with Crippen LogP contribution >= 0.6 is 0 Å². The fourth-order valence-electron chi connectivity index (χ4n) is 3.34. The van der Waals surface area contributed by atoms with E-state index in [0.29, 0.717) is 35.1 Å². The molecule has 1 amide bonds. The summed E-state index contributed by atoms with van der Waals surface area (Å²) in [5.74, 6) is 0.984. The molecular formula is C24H18N2O4. The molecule has 1 N–H and O–H groups in total. The van der Waals surface area contributed by atoms with Crippen LogP contribution in [-0.2, 0) is 0 Å². The van der Waals surface area contributed by atoms with Crippen molar-refractivity contribution in [1.82, 2.24) is 4.98 Å². The van der Waals surface area contributed by atoms with E-state index >= 15 is 0 Å². The smallest absolute Gasteiger partial charge is 0.291 e. The summed E-state index contributed by atoms with van der Waals surface area (Å²) in [6.45, 7) is 2.42. The molecule has 148 valence electrons. The van der Waals surface area contributed by atoms with Crippen molar-refractivity contribution in [3.05, 3.63) is 78.6 Å². The highest BCUT2D eigenvalue weighted by atomic mass is 16.5. The quantitative estimate of drug-likeness (QED) is 0.399. The Morgan fingerprint density at radius 2 is 1.87 bits per heavy atom. The van der Waals surface area contributed by atoms with Gasteiger partial charge < -0.3 is 18.9 Å². The van der Waals surface area contributed by atoms with Crippen LogP contribution < -0.4 is 10.1 Å². The van der Waals surface area contributed by atoms with Gasteiger partial charge >= 0.3 is 0 Å². The molecule has 0 saturated heterocycles. The van der Waals surface area contributed by atoms with Gasteiger partial charge in [-0.3, -0.25) is 4.79 Å². The van der Waals surface area contributed by atoms with Crippen molar-refractivity contribution >= 4 is 33.7 Å². The predicted octanol–water partition coefficient (Wildman–Crippen LogP) is 5.89. The number of carbonyl (C=O) groups is 1. The summed E-state index contributed by atoms with van der Waals surface area (Å²) >= 11 is 0. The van der Waals surface area contributed by atoms with Gasteiger partial charge in [0.1, 0.15) is 5.52 Å². The Morgan fingerprint density at radius 3 is 2.73 bits per heavy atom. The normalized spacial score (nSPS) is 11.1. The van der Waals surface area contributed by atoms with Gasteiger partial charge in [-0.2, -0.15) is 0 Å². The first-order valence-electron chi connectivity index (χ1n) is 9.64. The molecule has 6 nitrogen and oxygen atoms in total. The molecule has 0 aliphatic heterocycles. The lowest BCUT2D eigenvalue weighted by Gasteiger charge is -2.05. The van der Waals surface area contributed by atoms with E-state index in [-0.39, 0.29) is 11.7 Å². The number of carbonyl (C=O) groups excluding carboxylic acids is 1. The zero-order valence-electron chi connectivity index (χ0n) is 16.2. The molecule has 0 fully saturated rings. The van der Waals surface area contributed by atoms with Gasteiger partial charge in [-0.15, -0.1) is 0 Å². The highest BCUT2D eigenvalue weighted by Gasteiger charge is 2.16. The van der Waals surface area contributed by atoms with Crippen LogP contribution in [0.15, 0.2) is 81.6 Å². The topological polar surface area (TPSA) is 77.5 Å². The predicted molar refractivity (Wildman–Crippen MR) is 115 cm³/mol. The third kappa shape index (κ3) is 3.28. The molecule has 6 heteroatoms. The number of nitrogens with one attached hydrogen (secondary N) is 1. The Labute approximate surface area is 172 Å². The summed E-state index contributed by atoms with van der Waals surface area (Å²) in [5.41, 5.74) is 3.45. The highest BCUT2D eigenvalue weighted by molar-refractivity contribution is 6.05. The number of anilines is 1. The van der Waals surface area contributed by atoms with E-state index in [0.717, 1.165) is 16.5 Å². The minimum Gasteiger partial charge on any atom is -0.490 e. The minimum absolute atomic E-state index is 0.212. The summed E-state index contributed by atoms with van der Waals surface area (Å²) in [4.78, 5) is 17.3. The second kappa shape index (κ2) is 7.40. The first-order chi connectivity index (χ1) is 14.7. The molecule has 2 heterocycles. The lowest BCUT2D eigenvalue weighted by atomic mass is 10.2. The van der Waals surface area contributed by atoms with Gasteiger partial charge in [0.25, 0.3) is 5.91 Å². The first-order valence-corrected chi connectivity index (χ1v) is 9.64. The summed E-state index contributed by atoms with van der Waals surface area (Å²) < 4.78 is 17.2. The largest absolute Gasteiger partial charge is 0.490 e. The Hall–Kier alpha value is -4.06. The van der Waals surface area contributed by atoms with Crippen molar-refractivity contribution in [1.29, 1.82) is 0 Å². The maximum atomic E-state index is 12.8. The number of benzene rings is 3. The van der Waals surface area contributed by atoms with Crippen LogP contribution in [0.4, 0.5) is 5.69 Å². The van der Waals surface area contributed by atoms with Crippen LogP contribution in [-0.4, -0.2) is 17.5 Å². The van der Waals surface area contributed by atoms with Crippen molar-refractivity contribution < 1.29 is 18.4 Å². The standard InChI is InChI=1S/C24H18N2O4/c1-2-28-20-12-6-7-15-14-21(29-22(15)20)23(27)25-17-9-5-8-16(13-17)24-26-18-10-3-4-11-19(18)30-24/h3-14H,2H2,1H3,(H,25,27). The fourth-order valence-corrected chi connectivity index (χ4v) is 3.34. The molecular weight excluding hydrogens is 380 g/mol. The van der Waals surface area contributed by atoms with Crippen LogP contribution in [0.25, 0.3) is 33.5 Å². The van der Waals surface area contributed by atoms with E-state index in [9.17, 15) is 4.79 Å². The number of hydrogen-bond acceptors (Lipinski definition) is 5. The van der Waals surface area contributed by atoms with Crippen molar-refractivity contribution in [2.24, 2.45) is 0 Å². The zero-order chi connectivity index (χ0) is 20.5. The van der Waals surface area contributed by atoms with E-state index in [2.05, 4.69) is 10.3 Å². The van der Waals surface area contributed by atoms with Gasteiger partial charge in [-0.25, -0.2) is 4.98 Å². The molecule has 0 spiro atoms.